The molecule has 0 amide bonds. The number of aromatic nitrogens is 2. The van der Waals surface area contributed by atoms with Crippen LogP contribution in [-0.2, 0) is 4.79 Å². The Morgan fingerprint density at radius 2 is 2.42 bits per heavy atom. The molecule has 0 saturated carbocycles. The van der Waals surface area contributed by atoms with E-state index in [-0.39, 0.29) is 6.54 Å². The Morgan fingerprint density at radius 1 is 1.58 bits per heavy atom. The third-order valence-corrected chi connectivity index (χ3v) is 3.33. The number of carboxylic acids is 1. The lowest BCUT2D eigenvalue weighted by atomic mass is 9.98. The van der Waals surface area contributed by atoms with E-state index in [0.717, 1.165) is 31.7 Å². The summed E-state index contributed by atoms with van der Waals surface area (Å²) in [6, 6.07) is 0. The van der Waals surface area contributed by atoms with Gasteiger partial charge >= 0.3 is 5.97 Å². The topological polar surface area (TPSA) is 78.4 Å². The van der Waals surface area contributed by atoms with E-state index in [0.29, 0.717) is 17.6 Å². The molecule has 7 heteroatoms. The van der Waals surface area contributed by atoms with Crippen molar-refractivity contribution >= 4 is 23.4 Å². The minimum atomic E-state index is -0.826. The number of piperidine rings is 1. The maximum Gasteiger partial charge on any atom is 0.317 e. The molecule has 6 nitrogen and oxygen atoms in total. The van der Waals surface area contributed by atoms with Gasteiger partial charge < -0.3 is 15.3 Å². The second-order valence-corrected chi connectivity index (χ2v) is 5.07. The average molecular weight is 285 g/mol. The van der Waals surface area contributed by atoms with Crippen LogP contribution in [0.3, 0.4) is 0 Å². The summed E-state index contributed by atoms with van der Waals surface area (Å²) in [6.07, 6.45) is 5.38. The van der Waals surface area contributed by atoms with Crippen LogP contribution in [0, 0.1) is 5.92 Å². The van der Waals surface area contributed by atoms with Gasteiger partial charge in [-0.05, 0) is 18.8 Å². The first kappa shape index (κ1) is 14.0. The van der Waals surface area contributed by atoms with Gasteiger partial charge in [-0.3, -0.25) is 9.78 Å². The summed E-state index contributed by atoms with van der Waals surface area (Å²) in [5, 5.41) is 11.9. The first-order valence-electron chi connectivity index (χ1n) is 6.30. The number of hydrogen-bond donors (Lipinski definition) is 2. The molecule has 0 aromatic carbocycles. The highest BCUT2D eigenvalue weighted by molar-refractivity contribution is 6.29. The van der Waals surface area contributed by atoms with Crippen LogP contribution in [0.1, 0.15) is 12.8 Å². The molecule has 1 aromatic rings. The maximum absolute atomic E-state index is 10.5. The van der Waals surface area contributed by atoms with Crippen LogP contribution >= 0.6 is 11.6 Å². The first-order chi connectivity index (χ1) is 9.15. The van der Waals surface area contributed by atoms with E-state index < -0.39 is 5.97 Å². The molecular weight excluding hydrogens is 268 g/mol. The summed E-state index contributed by atoms with van der Waals surface area (Å²) in [7, 11) is 0. The average Bonchev–Trinajstić information content (AvgIpc) is 2.39. The van der Waals surface area contributed by atoms with Crippen LogP contribution in [0.15, 0.2) is 12.4 Å². The number of nitrogens with zero attached hydrogens (tertiary/aromatic N) is 3. The summed E-state index contributed by atoms with van der Waals surface area (Å²) < 4.78 is 0. The van der Waals surface area contributed by atoms with E-state index in [1.165, 1.54) is 6.20 Å². The van der Waals surface area contributed by atoms with Gasteiger partial charge in [0.2, 0.25) is 0 Å². The number of nitrogens with one attached hydrogen (secondary N) is 1. The highest BCUT2D eigenvalue weighted by Gasteiger charge is 2.21. The largest absolute Gasteiger partial charge is 0.480 e. The van der Waals surface area contributed by atoms with E-state index >= 15 is 0 Å². The Labute approximate surface area is 116 Å². The van der Waals surface area contributed by atoms with Crippen molar-refractivity contribution in [2.45, 2.75) is 12.8 Å². The van der Waals surface area contributed by atoms with Crippen molar-refractivity contribution in [2.75, 3.05) is 31.1 Å². The fourth-order valence-corrected chi connectivity index (χ4v) is 2.45. The number of carbonyl (C=O) groups is 1. The summed E-state index contributed by atoms with van der Waals surface area (Å²) >= 11 is 5.84. The van der Waals surface area contributed by atoms with Crippen LogP contribution in [0.5, 0.6) is 0 Å². The molecule has 1 unspecified atom stereocenters. The molecule has 1 aliphatic heterocycles. The fourth-order valence-electron chi connectivity index (χ4n) is 2.31. The molecule has 2 rings (SSSR count). The standard InChI is InChI=1S/C12H17ClN4O2/c13-10-5-15-6-11(16-10)17-3-1-2-9(8-17)4-14-7-12(18)19/h5-6,9,14H,1-4,7-8H2,(H,18,19). The second-order valence-electron chi connectivity index (χ2n) is 4.68. The van der Waals surface area contributed by atoms with Crippen molar-refractivity contribution in [2.24, 2.45) is 5.92 Å². The molecular formula is C12H17ClN4O2. The van der Waals surface area contributed by atoms with Crippen LogP contribution in [-0.4, -0.2) is 47.2 Å². The smallest absolute Gasteiger partial charge is 0.317 e. The van der Waals surface area contributed by atoms with Gasteiger partial charge in [-0.1, -0.05) is 11.6 Å². The van der Waals surface area contributed by atoms with Crippen molar-refractivity contribution in [3.05, 3.63) is 17.5 Å². The van der Waals surface area contributed by atoms with Crippen LogP contribution in [0.2, 0.25) is 5.15 Å². The molecule has 1 aromatic heterocycles. The zero-order valence-corrected chi connectivity index (χ0v) is 11.3. The van der Waals surface area contributed by atoms with Crippen molar-refractivity contribution in [1.82, 2.24) is 15.3 Å². The van der Waals surface area contributed by atoms with E-state index in [1.807, 2.05) is 0 Å². The zero-order chi connectivity index (χ0) is 13.7. The summed E-state index contributed by atoms with van der Waals surface area (Å²) in [5.41, 5.74) is 0. The lowest BCUT2D eigenvalue weighted by Gasteiger charge is -2.33. The molecule has 0 radical (unpaired) electrons. The number of carboxylic acid groups (broad SMARTS) is 1. The molecule has 1 fully saturated rings. The third kappa shape index (κ3) is 4.33. The van der Waals surface area contributed by atoms with Crippen molar-refractivity contribution in [3.8, 4) is 0 Å². The van der Waals surface area contributed by atoms with E-state index in [9.17, 15) is 4.79 Å². The molecule has 2 N–H and O–H groups in total. The van der Waals surface area contributed by atoms with Gasteiger partial charge in [0.05, 0.1) is 18.9 Å². The van der Waals surface area contributed by atoms with Crippen LogP contribution < -0.4 is 10.2 Å². The lowest BCUT2D eigenvalue weighted by Crippen LogP contribution is -2.41. The Hall–Kier alpha value is -1.40. The monoisotopic (exact) mass is 284 g/mol. The Kier molecular flexibility index (Phi) is 4.93. The van der Waals surface area contributed by atoms with Gasteiger partial charge in [0.1, 0.15) is 11.0 Å². The molecule has 1 saturated heterocycles. The zero-order valence-electron chi connectivity index (χ0n) is 10.5. The number of hydrogen-bond acceptors (Lipinski definition) is 5. The molecule has 19 heavy (non-hydrogen) atoms. The minimum absolute atomic E-state index is 0.00741. The molecule has 104 valence electrons. The SMILES string of the molecule is O=C(O)CNCC1CCCN(c2cncc(Cl)n2)C1. The maximum atomic E-state index is 10.5. The molecule has 0 spiro atoms. The quantitative estimate of drug-likeness (QED) is 0.840. The van der Waals surface area contributed by atoms with Crippen molar-refractivity contribution < 1.29 is 9.90 Å². The Balaban J connectivity index is 1.88. The molecule has 0 bridgehead atoms. The third-order valence-electron chi connectivity index (χ3n) is 3.14. The number of halogens is 1. The summed E-state index contributed by atoms with van der Waals surface area (Å²) in [6.45, 7) is 2.50. The van der Waals surface area contributed by atoms with Gasteiger partial charge in [-0.2, -0.15) is 0 Å². The summed E-state index contributed by atoms with van der Waals surface area (Å²) in [5.74, 6) is 0.387. The molecule has 0 aliphatic carbocycles. The van der Waals surface area contributed by atoms with E-state index in [4.69, 9.17) is 16.7 Å². The van der Waals surface area contributed by atoms with Gasteiger partial charge in [0.15, 0.2) is 0 Å². The molecule has 1 atom stereocenters. The van der Waals surface area contributed by atoms with Crippen molar-refractivity contribution in [1.29, 1.82) is 0 Å². The second kappa shape index (κ2) is 6.68. The minimum Gasteiger partial charge on any atom is -0.480 e. The van der Waals surface area contributed by atoms with Gasteiger partial charge in [-0.15, -0.1) is 0 Å². The van der Waals surface area contributed by atoms with Gasteiger partial charge in [0.25, 0.3) is 0 Å². The van der Waals surface area contributed by atoms with Crippen molar-refractivity contribution in [3.63, 3.8) is 0 Å². The Bertz CT molecular complexity index is 443. The Morgan fingerprint density at radius 3 is 3.16 bits per heavy atom. The lowest BCUT2D eigenvalue weighted by molar-refractivity contribution is -0.136. The predicted octanol–water partition coefficient (Wildman–Crippen LogP) is 1.02. The fraction of sp³-hybridized carbons (Fsp3) is 0.583. The predicted molar refractivity (Wildman–Crippen MR) is 72.5 cm³/mol. The van der Waals surface area contributed by atoms with Gasteiger partial charge in [-0.25, -0.2) is 4.98 Å². The highest BCUT2D eigenvalue weighted by atomic mass is 35.5. The molecule has 2 heterocycles. The highest BCUT2D eigenvalue weighted by Crippen LogP contribution is 2.21. The van der Waals surface area contributed by atoms with E-state index in [1.54, 1.807) is 6.20 Å². The van der Waals surface area contributed by atoms with E-state index in [2.05, 4.69) is 20.2 Å². The number of anilines is 1. The van der Waals surface area contributed by atoms with Crippen LogP contribution in [0.4, 0.5) is 5.82 Å². The number of aliphatic carboxylic acids is 1. The summed E-state index contributed by atoms with van der Waals surface area (Å²) in [4.78, 5) is 20.9. The molecule has 1 aliphatic rings. The first-order valence-corrected chi connectivity index (χ1v) is 6.68. The van der Waals surface area contributed by atoms with Crippen LogP contribution in [0.25, 0.3) is 0 Å². The van der Waals surface area contributed by atoms with Gasteiger partial charge in [0, 0.05) is 19.6 Å². The normalized spacial score (nSPS) is 19.4. The number of rotatable bonds is 5.